The molecule has 1 heterocycles. The Kier molecular flexibility index (Phi) is 3.23. The normalized spacial score (nSPS) is 22.2. The summed E-state index contributed by atoms with van der Waals surface area (Å²) in [7, 11) is 0. The van der Waals surface area contributed by atoms with Crippen LogP contribution in [-0.4, -0.2) is 24.7 Å². The summed E-state index contributed by atoms with van der Waals surface area (Å²) < 4.78 is 0. The van der Waals surface area contributed by atoms with E-state index in [1.54, 1.807) is 0 Å². The summed E-state index contributed by atoms with van der Waals surface area (Å²) in [6.07, 6.45) is 2.36. The number of rotatable bonds is 0. The van der Waals surface area contributed by atoms with Gasteiger partial charge < -0.3 is 5.32 Å². The van der Waals surface area contributed by atoms with Crippen LogP contribution in [-0.2, 0) is 9.59 Å². The lowest BCUT2D eigenvalue weighted by Gasteiger charge is -1.97. The molecule has 0 unspecified atom stereocenters. The van der Waals surface area contributed by atoms with E-state index in [4.69, 9.17) is 0 Å². The minimum absolute atomic E-state index is 0.153. The molecular formula is C8H13NO2. The molecule has 0 aromatic carbocycles. The largest absolute Gasteiger partial charge is 0.310 e. The highest BCUT2D eigenvalue weighted by Crippen LogP contribution is 2.00. The van der Waals surface area contributed by atoms with Crippen molar-refractivity contribution in [1.29, 1.82) is 0 Å². The van der Waals surface area contributed by atoms with E-state index in [9.17, 15) is 9.59 Å². The van der Waals surface area contributed by atoms with Gasteiger partial charge in [0.05, 0.1) is 6.54 Å². The Morgan fingerprint density at radius 1 is 1.00 bits per heavy atom. The first-order valence-corrected chi connectivity index (χ1v) is 4.03. The van der Waals surface area contributed by atoms with E-state index >= 15 is 0 Å². The molecule has 3 nitrogen and oxygen atoms in total. The first kappa shape index (κ1) is 8.40. The second-order valence-electron chi connectivity index (χ2n) is 2.86. The summed E-state index contributed by atoms with van der Waals surface area (Å²) in [6, 6.07) is 0. The van der Waals surface area contributed by atoms with E-state index in [-0.39, 0.29) is 11.6 Å². The molecule has 62 valence electrons. The van der Waals surface area contributed by atoms with Gasteiger partial charge >= 0.3 is 0 Å². The van der Waals surface area contributed by atoms with Gasteiger partial charge in [-0.1, -0.05) is 0 Å². The number of hydrogen-bond donors (Lipinski definition) is 1. The third kappa shape index (κ3) is 3.28. The lowest BCUT2D eigenvalue weighted by molar-refractivity contribution is -0.123. The van der Waals surface area contributed by atoms with E-state index in [0.717, 1.165) is 13.0 Å². The highest BCUT2D eigenvalue weighted by molar-refractivity contribution is 5.87. The summed E-state index contributed by atoms with van der Waals surface area (Å²) in [5.74, 6) is 0.377. The second kappa shape index (κ2) is 4.23. The number of carbonyl (C=O) groups is 2. The van der Waals surface area contributed by atoms with Crippen molar-refractivity contribution in [2.24, 2.45) is 0 Å². The Bertz CT molecular complexity index is 147. The van der Waals surface area contributed by atoms with Gasteiger partial charge in [-0.3, -0.25) is 9.59 Å². The summed E-state index contributed by atoms with van der Waals surface area (Å²) in [6.45, 7) is 1.23. The van der Waals surface area contributed by atoms with Crippen molar-refractivity contribution in [3.8, 4) is 0 Å². The molecule has 0 radical (unpaired) electrons. The predicted octanol–water partition coefficient (Wildman–Crippen LogP) is 0.288. The molecule has 0 aromatic rings. The van der Waals surface area contributed by atoms with Crippen LogP contribution in [0.3, 0.4) is 0 Å². The van der Waals surface area contributed by atoms with Crippen LogP contribution >= 0.6 is 0 Å². The standard InChI is InChI=1S/C8H13NO2/c10-7-2-1-5-9-6-8(11)4-3-7/h9H,1-6H2. The van der Waals surface area contributed by atoms with Crippen LogP contribution in [0.1, 0.15) is 25.7 Å². The number of hydrogen-bond acceptors (Lipinski definition) is 3. The van der Waals surface area contributed by atoms with Crippen LogP contribution in [0.4, 0.5) is 0 Å². The van der Waals surface area contributed by atoms with Gasteiger partial charge in [0.15, 0.2) is 0 Å². The lowest BCUT2D eigenvalue weighted by Crippen LogP contribution is -2.22. The first-order valence-electron chi connectivity index (χ1n) is 4.03. The molecule has 0 bridgehead atoms. The smallest absolute Gasteiger partial charge is 0.147 e. The number of carbonyl (C=O) groups excluding carboxylic acids is 2. The zero-order valence-electron chi connectivity index (χ0n) is 6.56. The Hall–Kier alpha value is -0.700. The zero-order valence-corrected chi connectivity index (χ0v) is 6.56. The predicted molar refractivity (Wildman–Crippen MR) is 41.4 cm³/mol. The average Bonchev–Trinajstić information content (AvgIpc) is 2.06. The topological polar surface area (TPSA) is 46.2 Å². The molecule has 1 fully saturated rings. The number of nitrogens with one attached hydrogen (secondary N) is 1. The molecule has 1 aliphatic rings. The molecule has 1 rings (SSSR count). The quantitative estimate of drug-likeness (QED) is 0.547. The highest BCUT2D eigenvalue weighted by atomic mass is 16.1. The third-order valence-corrected chi connectivity index (χ3v) is 1.81. The molecule has 11 heavy (non-hydrogen) atoms. The monoisotopic (exact) mass is 155 g/mol. The van der Waals surface area contributed by atoms with Crippen LogP contribution in [0.25, 0.3) is 0 Å². The minimum Gasteiger partial charge on any atom is -0.310 e. The third-order valence-electron chi connectivity index (χ3n) is 1.81. The van der Waals surface area contributed by atoms with Gasteiger partial charge in [-0.05, 0) is 13.0 Å². The van der Waals surface area contributed by atoms with Crippen molar-refractivity contribution in [2.45, 2.75) is 25.7 Å². The van der Waals surface area contributed by atoms with Gasteiger partial charge in [0, 0.05) is 19.3 Å². The van der Waals surface area contributed by atoms with Crippen molar-refractivity contribution in [1.82, 2.24) is 5.32 Å². The zero-order chi connectivity index (χ0) is 8.10. The molecule has 1 N–H and O–H groups in total. The minimum atomic E-state index is 0.153. The number of ketones is 2. The maximum absolute atomic E-state index is 11.0. The average molecular weight is 155 g/mol. The Balaban J connectivity index is 2.37. The van der Waals surface area contributed by atoms with Crippen LogP contribution in [0.5, 0.6) is 0 Å². The van der Waals surface area contributed by atoms with Crippen molar-refractivity contribution < 1.29 is 9.59 Å². The molecule has 0 saturated carbocycles. The van der Waals surface area contributed by atoms with E-state index < -0.39 is 0 Å². The fraction of sp³-hybridized carbons (Fsp3) is 0.750. The van der Waals surface area contributed by atoms with Gasteiger partial charge in [0.25, 0.3) is 0 Å². The molecule has 0 amide bonds. The fourth-order valence-corrected chi connectivity index (χ4v) is 1.13. The SMILES string of the molecule is O=C1CCCNCC(=O)CC1. The summed E-state index contributed by atoms with van der Waals surface area (Å²) in [5, 5.41) is 3.00. The van der Waals surface area contributed by atoms with Gasteiger partial charge in [-0.25, -0.2) is 0 Å². The van der Waals surface area contributed by atoms with Crippen molar-refractivity contribution in [3.63, 3.8) is 0 Å². The summed E-state index contributed by atoms with van der Waals surface area (Å²) in [5.41, 5.74) is 0. The van der Waals surface area contributed by atoms with Crippen LogP contribution < -0.4 is 5.32 Å². The summed E-state index contributed by atoms with van der Waals surface area (Å²) in [4.78, 5) is 21.9. The lowest BCUT2D eigenvalue weighted by atomic mass is 10.1. The fourth-order valence-electron chi connectivity index (χ4n) is 1.13. The van der Waals surface area contributed by atoms with Gasteiger partial charge in [0.1, 0.15) is 11.6 Å². The Labute approximate surface area is 66.2 Å². The van der Waals surface area contributed by atoms with E-state index in [2.05, 4.69) is 5.32 Å². The summed E-state index contributed by atoms with van der Waals surface area (Å²) >= 11 is 0. The molecule has 0 aromatic heterocycles. The molecule has 1 saturated heterocycles. The first-order chi connectivity index (χ1) is 5.29. The molecular weight excluding hydrogens is 142 g/mol. The van der Waals surface area contributed by atoms with Gasteiger partial charge in [-0.15, -0.1) is 0 Å². The van der Waals surface area contributed by atoms with Gasteiger partial charge in [-0.2, -0.15) is 0 Å². The van der Waals surface area contributed by atoms with E-state index in [1.165, 1.54) is 0 Å². The van der Waals surface area contributed by atoms with Crippen molar-refractivity contribution in [2.75, 3.05) is 13.1 Å². The highest BCUT2D eigenvalue weighted by Gasteiger charge is 2.09. The van der Waals surface area contributed by atoms with Crippen LogP contribution in [0.2, 0.25) is 0 Å². The Morgan fingerprint density at radius 2 is 1.73 bits per heavy atom. The van der Waals surface area contributed by atoms with Crippen LogP contribution in [0.15, 0.2) is 0 Å². The van der Waals surface area contributed by atoms with E-state index in [1.807, 2.05) is 0 Å². The maximum atomic E-state index is 11.0. The molecule has 0 spiro atoms. The van der Waals surface area contributed by atoms with Crippen molar-refractivity contribution in [3.05, 3.63) is 0 Å². The molecule has 1 aliphatic heterocycles. The maximum Gasteiger partial charge on any atom is 0.147 e. The Morgan fingerprint density at radius 3 is 2.55 bits per heavy atom. The molecule has 0 atom stereocenters. The van der Waals surface area contributed by atoms with Crippen LogP contribution in [0, 0.1) is 0 Å². The molecule has 0 aliphatic carbocycles. The number of Topliss-reactive ketones (excluding diaryl/α,β-unsaturated/α-hetero) is 2. The van der Waals surface area contributed by atoms with E-state index in [0.29, 0.717) is 25.8 Å². The second-order valence-corrected chi connectivity index (χ2v) is 2.86. The molecule has 3 heteroatoms. The van der Waals surface area contributed by atoms with Gasteiger partial charge in [0.2, 0.25) is 0 Å². The van der Waals surface area contributed by atoms with Crippen molar-refractivity contribution >= 4 is 11.6 Å².